The van der Waals surface area contributed by atoms with Crippen LogP contribution in [-0.2, 0) is 18.3 Å². The monoisotopic (exact) mass is 608 g/mol. The summed E-state index contributed by atoms with van der Waals surface area (Å²) in [7, 11) is 1.89. The van der Waals surface area contributed by atoms with Gasteiger partial charge in [-0.2, -0.15) is 0 Å². The molecule has 3 aromatic carbocycles. The summed E-state index contributed by atoms with van der Waals surface area (Å²) in [6.07, 6.45) is 3.88. The summed E-state index contributed by atoms with van der Waals surface area (Å²) in [4.78, 5) is 23.2. The Morgan fingerprint density at radius 1 is 1.05 bits per heavy atom. The highest BCUT2D eigenvalue weighted by Crippen LogP contribution is 2.47. The van der Waals surface area contributed by atoms with Gasteiger partial charge in [0.1, 0.15) is 18.0 Å². The molecule has 1 saturated carbocycles. The van der Waals surface area contributed by atoms with Crippen molar-refractivity contribution in [2.24, 2.45) is 7.05 Å². The van der Waals surface area contributed by atoms with Crippen LogP contribution in [0.2, 0.25) is 5.02 Å². The second-order valence-electron chi connectivity index (χ2n) is 12.1. The summed E-state index contributed by atoms with van der Waals surface area (Å²) in [5.41, 5.74) is 5.62. The average molecular weight is 609 g/mol. The Balaban J connectivity index is 1.25. The first kappa shape index (κ1) is 27.4. The number of rotatable bonds is 6. The van der Waals surface area contributed by atoms with Gasteiger partial charge in [0, 0.05) is 59.7 Å². The number of morpholine rings is 1. The van der Waals surface area contributed by atoms with Crippen molar-refractivity contribution in [2.75, 3.05) is 24.6 Å². The molecule has 0 N–H and O–H groups in total. The molecule has 1 atom stereocenters. The smallest absolute Gasteiger partial charge is 0.264 e. The second kappa shape index (κ2) is 10.5. The summed E-state index contributed by atoms with van der Waals surface area (Å²) in [6.45, 7) is 4.91. The number of aryl methyl sites for hydroxylation is 1. The van der Waals surface area contributed by atoms with Crippen molar-refractivity contribution in [3.8, 4) is 22.5 Å². The van der Waals surface area contributed by atoms with Crippen LogP contribution in [0, 0.1) is 5.82 Å². The average Bonchev–Trinajstić information content (AvgIpc) is 3.71. The van der Waals surface area contributed by atoms with Crippen molar-refractivity contribution >= 4 is 39.8 Å². The molecule has 8 nitrogen and oxygen atoms in total. The standard InChI is InChI=1S/C34H30ClFN6O2/c1-19-16-41(9-10-44-19)17-20-11-26-28(36)7-8-30-32(26)27(12-20)34(43)42(30)31-14-22(13-29(38-31)21-3-4-21)24-6-5-23(35)15-25(24)33-39-37-18-40(33)2/h5-8,11-15,18-19,21H,3-4,9-10,16-17H2,1-2H3/t19-/m1/s1. The third-order valence-electron chi connectivity index (χ3n) is 8.81. The number of hydrogen-bond acceptors (Lipinski definition) is 6. The summed E-state index contributed by atoms with van der Waals surface area (Å²) < 4.78 is 22.9. The molecule has 0 bridgehead atoms. The van der Waals surface area contributed by atoms with E-state index in [0.29, 0.717) is 57.8 Å². The van der Waals surface area contributed by atoms with E-state index in [4.69, 9.17) is 21.3 Å². The number of carbonyl (C=O) groups is 1. The zero-order valence-electron chi connectivity index (χ0n) is 24.4. The molecule has 5 aromatic rings. The number of hydrogen-bond donors (Lipinski definition) is 0. The van der Waals surface area contributed by atoms with Gasteiger partial charge in [0.2, 0.25) is 0 Å². The SMILES string of the molecule is C[C@@H]1CN(Cc2cc3c4c(ccc(F)c4c2)N(c2cc(-c4ccc(Cl)cc4-c4nncn4C)cc(C4CC4)n2)C3=O)CCO1. The molecule has 3 aliphatic rings. The minimum Gasteiger partial charge on any atom is -0.376 e. The van der Waals surface area contributed by atoms with Gasteiger partial charge in [-0.1, -0.05) is 17.7 Å². The van der Waals surface area contributed by atoms with Crippen LogP contribution in [0.4, 0.5) is 15.9 Å². The number of anilines is 2. The van der Waals surface area contributed by atoms with Gasteiger partial charge in [-0.15, -0.1) is 10.2 Å². The van der Waals surface area contributed by atoms with E-state index in [1.165, 1.54) is 6.07 Å². The number of benzene rings is 3. The molecular formula is C34H30ClFN6O2. The number of nitrogens with zero attached hydrogens (tertiary/aromatic N) is 6. The topological polar surface area (TPSA) is 76.4 Å². The fourth-order valence-electron chi connectivity index (χ4n) is 6.56. The van der Waals surface area contributed by atoms with Crippen LogP contribution in [0.5, 0.6) is 0 Å². The number of carbonyl (C=O) groups excluding carboxylic acids is 1. The Bertz CT molecular complexity index is 1970. The fraction of sp³-hybridized carbons (Fsp3) is 0.294. The molecule has 8 rings (SSSR count). The van der Waals surface area contributed by atoms with E-state index in [-0.39, 0.29) is 17.8 Å². The Morgan fingerprint density at radius 2 is 1.91 bits per heavy atom. The maximum atomic E-state index is 15.4. The zero-order valence-corrected chi connectivity index (χ0v) is 25.2. The Hall–Kier alpha value is -4.18. The molecule has 222 valence electrons. The summed E-state index contributed by atoms with van der Waals surface area (Å²) >= 11 is 6.45. The molecular weight excluding hydrogens is 579 g/mol. The van der Waals surface area contributed by atoms with E-state index < -0.39 is 0 Å². The van der Waals surface area contributed by atoms with Crippen LogP contribution in [0.1, 0.15) is 47.3 Å². The highest BCUT2D eigenvalue weighted by Gasteiger charge is 2.35. The van der Waals surface area contributed by atoms with E-state index >= 15 is 4.39 Å². The van der Waals surface area contributed by atoms with E-state index in [1.54, 1.807) is 17.3 Å². The maximum absolute atomic E-state index is 15.4. The van der Waals surface area contributed by atoms with Gasteiger partial charge in [0.15, 0.2) is 5.82 Å². The van der Waals surface area contributed by atoms with E-state index in [9.17, 15) is 4.79 Å². The van der Waals surface area contributed by atoms with Gasteiger partial charge in [-0.3, -0.25) is 14.6 Å². The van der Waals surface area contributed by atoms with Crippen LogP contribution >= 0.6 is 11.6 Å². The molecule has 2 aromatic heterocycles. The maximum Gasteiger partial charge on any atom is 0.264 e. The van der Waals surface area contributed by atoms with Gasteiger partial charge in [0.05, 0.1) is 24.0 Å². The van der Waals surface area contributed by atoms with Crippen molar-refractivity contribution in [1.82, 2.24) is 24.6 Å². The summed E-state index contributed by atoms with van der Waals surface area (Å²) in [5, 5.41) is 10.1. The Morgan fingerprint density at radius 3 is 2.68 bits per heavy atom. The van der Waals surface area contributed by atoms with Gasteiger partial charge >= 0.3 is 0 Å². The van der Waals surface area contributed by atoms with Crippen molar-refractivity contribution in [1.29, 1.82) is 0 Å². The molecule has 1 aliphatic carbocycles. The minimum absolute atomic E-state index is 0.133. The molecule has 1 saturated heterocycles. The molecule has 2 fully saturated rings. The van der Waals surface area contributed by atoms with Crippen LogP contribution in [-0.4, -0.2) is 56.4 Å². The van der Waals surface area contributed by atoms with Crippen molar-refractivity contribution in [2.45, 2.75) is 38.3 Å². The molecule has 1 amide bonds. The predicted octanol–water partition coefficient (Wildman–Crippen LogP) is 6.88. The lowest BCUT2D eigenvalue weighted by molar-refractivity contribution is -0.0212. The van der Waals surface area contributed by atoms with E-state index in [1.807, 2.05) is 48.0 Å². The molecule has 10 heteroatoms. The lowest BCUT2D eigenvalue weighted by Gasteiger charge is -2.31. The first-order chi connectivity index (χ1) is 21.3. The largest absolute Gasteiger partial charge is 0.376 e. The van der Waals surface area contributed by atoms with Crippen molar-refractivity contribution in [3.63, 3.8) is 0 Å². The summed E-state index contributed by atoms with van der Waals surface area (Å²) in [5.74, 6) is 0.979. The lowest BCUT2D eigenvalue weighted by Crippen LogP contribution is -2.40. The van der Waals surface area contributed by atoms with Crippen molar-refractivity contribution in [3.05, 3.63) is 88.6 Å². The van der Waals surface area contributed by atoms with Crippen LogP contribution in [0.25, 0.3) is 33.3 Å². The number of aromatic nitrogens is 4. The Kier molecular flexibility index (Phi) is 6.51. The number of pyridine rings is 1. The van der Waals surface area contributed by atoms with E-state index in [2.05, 4.69) is 28.1 Å². The fourth-order valence-corrected chi connectivity index (χ4v) is 6.73. The molecule has 0 unspecified atom stereocenters. The van der Waals surface area contributed by atoms with Gasteiger partial charge in [0.25, 0.3) is 5.91 Å². The van der Waals surface area contributed by atoms with Gasteiger partial charge in [-0.25, -0.2) is 9.37 Å². The Labute approximate surface area is 259 Å². The van der Waals surface area contributed by atoms with Gasteiger partial charge < -0.3 is 9.30 Å². The third kappa shape index (κ3) is 4.67. The lowest BCUT2D eigenvalue weighted by atomic mass is 9.98. The quantitative estimate of drug-likeness (QED) is 0.209. The molecule has 2 aliphatic heterocycles. The van der Waals surface area contributed by atoms with Crippen LogP contribution in [0.3, 0.4) is 0 Å². The highest BCUT2D eigenvalue weighted by molar-refractivity contribution is 6.31. The minimum atomic E-state index is -0.341. The predicted molar refractivity (Wildman–Crippen MR) is 168 cm³/mol. The second-order valence-corrected chi connectivity index (χ2v) is 12.5. The number of halogens is 2. The molecule has 4 heterocycles. The normalized spacial score (nSPS) is 18.5. The highest BCUT2D eigenvalue weighted by atomic mass is 35.5. The first-order valence-corrected chi connectivity index (χ1v) is 15.3. The molecule has 44 heavy (non-hydrogen) atoms. The van der Waals surface area contributed by atoms with Gasteiger partial charge in [-0.05, 0) is 85.0 Å². The van der Waals surface area contributed by atoms with E-state index in [0.717, 1.165) is 53.9 Å². The summed E-state index contributed by atoms with van der Waals surface area (Å²) in [6, 6.07) is 16.7. The van der Waals surface area contributed by atoms with Crippen molar-refractivity contribution < 1.29 is 13.9 Å². The van der Waals surface area contributed by atoms with Crippen LogP contribution in [0.15, 0.2) is 60.9 Å². The molecule has 0 radical (unpaired) electrons. The molecule has 0 spiro atoms. The first-order valence-electron chi connectivity index (χ1n) is 14.9. The number of amides is 1. The third-order valence-corrected chi connectivity index (χ3v) is 9.04. The number of ether oxygens (including phenoxy) is 1. The zero-order chi connectivity index (χ0) is 30.1. The van der Waals surface area contributed by atoms with Crippen LogP contribution < -0.4 is 4.90 Å².